The molecule has 3 rings (SSSR count). The number of rotatable bonds is 10. The number of methoxy groups -OCH3 is 1. The van der Waals surface area contributed by atoms with Crippen LogP contribution in [0, 0.1) is 5.82 Å². The topological polar surface area (TPSA) is 73.9 Å². The molecular formula is C29H32FNO5S. The minimum atomic E-state index is -0.474. The second-order valence-corrected chi connectivity index (χ2v) is 11.1. The number of ether oxygens (including phenoxy) is 3. The van der Waals surface area contributed by atoms with Gasteiger partial charge in [-0.25, -0.2) is 4.39 Å². The van der Waals surface area contributed by atoms with E-state index < -0.39 is 11.7 Å². The number of halogens is 1. The number of esters is 1. The van der Waals surface area contributed by atoms with Gasteiger partial charge in [0, 0.05) is 27.3 Å². The van der Waals surface area contributed by atoms with Gasteiger partial charge in [0.05, 0.1) is 20.1 Å². The van der Waals surface area contributed by atoms with Gasteiger partial charge in [-0.15, -0.1) is 0 Å². The first-order chi connectivity index (χ1) is 17.6. The van der Waals surface area contributed by atoms with E-state index in [-0.39, 0.29) is 22.7 Å². The Balaban J connectivity index is 1.90. The van der Waals surface area contributed by atoms with Crippen LogP contribution in [0.4, 0.5) is 10.1 Å². The number of anilines is 1. The van der Waals surface area contributed by atoms with Gasteiger partial charge < -0.3 is 19.5 Å². The van der Waals surface area contributed by atoms with Gasteiger partial charge in [0.1, 0.15) is 11.6 Å². The molecule has 0 unspecified atom stereocenters. The largest absolute Gasteiger partial charge is 0.493 e. The van der Waals surface area contributed by atoms with Gasteiger partial charge in [-0.3, -0.25) is 9.59 Å². The van der Waals surface area contributed by atoms with Crippen LogP contribution in [-0.4, -0.2) is 30.3 Å². The molecule has 0 saturated carbocycles. The Morgan fingerprint density at radius 1 is 0.973 bits per heavy atom. The van der Waals surface area contributed by atoms with E-state index in [4.69, 9.17) is 14.2 Å². The summed E-state index contributed by atoms with van der Waals surface area (Å²) in [7, 11) is 1.55. The highest BCUT2D eigenvalue weighted by atomic mass is 32.2. The number of hydrogen-bond donors (Lipinski definition) is 1. The van der Waals surface area contributed by atoms with Crippen molar-refractivity contribution < 1.29 is 28.2 Å². The Hall–Kier alpha value is -3.52. The lowest BCUT2D eigenvalue weighted by molar-refractivity contribution is -0.142. The van der Waals surface area contributed by atoms with Crippen LogP contribution in [-0.2, 0) is 21.7 Å². The molecule has 3 aromatic carbocycles. The van der Waals surface area contributed by atoms with Crippen LogP contribution in [0.5, 0.6) is 17.2 Å². The van der Waals surface area contributed by atoms with E-state index >= 15 is 0 Å². The Morgan fingerprint density at radius 3 is 2.41 bits per heavy atom. The SMILES string of the molecule is CCOC(=O)Cc1ccc(OC)c(Oc2ccc(NC(=O)c3cccc(F)c3)cc2CSC(C)(C)C)c1. The molecular weight excluding hydrogens is 493 g/mol. The first-order valence-electron chi connectivity index (χ1n) is 11.9. The maximum atomic E-state index is 13.6. The third kappa shape index (κ3) is 8.53. The monoisotopic (exact) mass is 525 g/mol. The quantitative estimate of drug-likeness (QED) is 0.287. The van der Waals surface area contributed by atoms with E-state index in [2.05, 4.69) is 26.1 Å². The van der Waals surface area contributed by atoms with Crippen molar-refractivity contribution in [1.82, 2.24) is 0 Å². The average Bonchev–Trinajstić information content (AvgIpc) is 2.84. The van der Waals surface area contributed by atoms with Crippen LogP contribution in [0.15, 0.2) is 60.7 Å². The van der Waals surface area contributed by atoms with Crippen molar-refractivity contribution in [2.24, 2.45) is 0 Å². The molecule has 37 heavy (non-hydrogen) atoms. The predicted octanol–water partition coefficient (Wildman–Crippen LogP) is 7.02. The Bertz CT molecular complexity index is 1260. The molecule has 0 atom stereocenters. The molecule has 8 heteroatoms. The number of carbonyl (C=O) groups excluding carboxylic acids is 2. The van der Waals surface area contributed by atoms with Crippen LogP contribution in [0.25, 0.3) is 0 Å². The van der Waals surface area contributed by atoms with Crippen LogP contribution in [0.2, 0.25) is 0 Å². The highest BCUT2D eigenvalue weighted by Gasteiger charge is 2.17. The number of hydrogen-bond acceptors (Lipinski definition) is 6. The third-order valence-electron chi connectivity index (χ3n) is 5.17. The first-order valence-corrected chi connectivity index (χ1v) is 12.9. The number of benzene rings is 3. The van der Waals surface area contributed by atoms with Crippen molar-refractivity contribution in [2.45, 2.75) is 44.6 Å². The zero-order valence-corrected chi connectivity index (χ0v) is 22.5. The maximum absolute atomic E-state index is 13.6. The van der Waals surface area contributed by atoms with Crippen molar-refractivity contribution in [1.29, 1.82) is 0 Å². The fraction of sp³-hybridized carbons (Fsp3) is 0.310. The summed E-state index contributed by atoms with van der Waals surface area (Å²) in [5.41, 5.74) is 2.39. The summed E-state index contributed by atoms with van der Waals surface area (Å²) in [5, 5.41) is 2.83. The normalized spacial score (nSPS) is 11.1. The lowest BCUT2D eigenvalue weighted by Crippen LogP contribution is -2.12. The summed E-state index contributed by atoms with van der Waals surface area (Å²) in [6.07, 6.45) is 0.117. The summed E-state index contributed by atoms with van der Waals surface area (Å²) in [6.45, 7) is 8.44. The number of amides is 1. The van der Waals surface area contributed by atoms with Crippen molar-refractivity contribution >= 4 is 29.3 Å². The molecule has 0 aliphatic carbocycles. The summed E-state index contributed by atoms with van der Waals surface area (Å²) >= 11 is 1.73. The van der Waals surface area contributed by atoms with E-state index in [0.717, 1.165) is 11.1 Å². The summed E-state index contributed by atoms with van der Waals surface area (Å²) in [5.74, 6) is 0.987. The minimum absolute atomic E-state index is 0.00463. The fourth-order valence-corrected chi connectivity index (χ4v) is 4.22. The molecule has 0 aromatic heterocycles. The van der Waals surface area contributed by atoms with Crippen LogP contribution < -0.4 is 14.8 Å². The lowest BCUT2D eigenvalue weighted by atomic mass is 10.1. The van der Waals surface area contributed by atoms with Gasteiger partial charge >= 0.3 is 5.97 Å². The van der Waals surface area contributed by atoms with Gasteiger partial charge in [0.25, 0.3) is 5.91 Å². The van der Waals surface area contributed by atoms with Crippen molar-refractivity contribution in [3.8, 4) is 17.2 Å². The van der Waals surface area contributed by atoms with Crippen molar-refractivity contribution in [2.75, 3.05) is 19.0 Å². The number of thioether (sulfide) groups is 1. The molecule has 0 bridgehead atoms. The van der Waals surface area contributed by atoms with Gasteiger partial charge in [0.2, 0.25) is 0 Å². The molecule has 0 spiro atoms. The molecule has 0 fully saturated rings. The van der Waals surface area contributed by atoms with Gasteiger partial charge in [-0.1, -0.05) is 32.9 Å². The average molecular weight is 526 g/mol. The molecule has 1 N–H and O–H groups in total. The van der Waals surface area contributed by atoms with Crippen LogP contribution in [0.1, 0.15) is 49.2 Å². The Morgan fingerprint density at radius 2 is 1.73 bits per heavy atom. The fourth-order valence-electron chi connectivity index (χ4n) is 3.40. The number of nitrogens with one attached hydrogen (secondary N) is 1. The van der Waals surface area contributed by atoms with E-state index in [0.29, 0.717) is 35.3 Å². The van der Waals surface area contributed by atoms with Gasteiger partial charge in [-0.2, -0.15) is 11.8 Å². The van der Waals surface area contributed by atoms with Crippen molar-refractivity contribution in [3.05, 3.63) is 83.2 Å². The van der Waals surface area contributed by atoms with Gasteiger partial charge in [-0.05, 0) is 61.0 Å². The predicted molar refractivity (Wildman–Crippen MR) is 145 cm³/mol. The maximum Gasteiger partial charge on any atom is 0.310 e. The van der Waals surface area contributed by atoms with E-state index in [1.165, 1.54) is 18.2 Å². The molecule has 0 heterocycles. The van der Waals surface area contributed by atoms with E-state index in [1.54, 1.807) is 62.2 Å². The third-order valence-corrected chi connectivity index (χ3v) is 6.49. The first kappa shape index (κ1) is 28.1. The summed E-state index contributed by atoms with van der Waals surface area (Å²) in [6, 6.07) is 16.2. The molecule has 0 aliphatic rings. The van der Waals surface area contributed by atoms with E-state index in [9.17, 15) is 14.0 Å². The lowest BCUT2D eigenvalue weighted by Gasteiger charge is -2.20. The zero-order chi connectivity index (χ0) is 27.0. The minimum Gasteiger partial charge on any atom is -0.493 e. The smallest absolute Gasteiger partial charge is 0.310 e. The van der Waals surface area contributed by atoms with Crippen LogP contribution in [0.3, 0.4) is 0 Å². The zero-order valence-electron chi connectivity index (χ0n) is 21.7. The Labute approximate surface area is 221 Å². The Kier molecular flexibility index (Phi) is 9.58. The standard InChI is InChI=1S/C29H32FNO5S/c1-6-35-27(32)15-19-10-12-25(34-5)26(14-19)36-24-13-11-23(17-21(24)18-37-29(2,3)4)31-28(33)20-8-7-9-22(30)16-20/h7-14,16-17H,6,15,18H2,1-5H3,(H,31,33). The molecule has 0 saturated heterocycles. The number of carbonyl (C=O) groups is 2. The molecule has 0 radical (unpaired) electrons. The summed E-state index contributed by atoms with van der Waals surface area (Å²) in [4.78, 5) is 24.6. The highest BCUT2D eigenvalue weighted by Crippen LogP contribution is 2.38. The second kappa shape index (κ2) is 12.6. The second-order valence-electron chi connectivity index (χ2n) is 9.26. The molecule has 0 aliphatic heterocycles. The molecule has 3 aromatic rings. The van der Waals surface area contributed by atoms with E-state index in [1.807, 2.05) is 6.07 Å². The molecule has 6 nitrogen and oxygen atoms in total. The summed E-state index contributed by atoms with van der Waals surface area (Å²) < 4.78 is 30.4. The molecule has 196 valence electrons. The molecule has 1 amide bonds. The highest BCUT2D eigenvalue weighted by molar-refractivity contribution is 7.99. The van der Waals surface area contributed by atoms with Crippen LogP contribution >= 0.6 is 11.8 Å². The van der Waals surface area contributed by atoms with Gasteiger partial charge in [0.15, 0.2) is 11.5 Å². The van der Waals surface area contributed by atoms with Crippen molar-refractivity contribution in [3.63, 3.8) is 0 Å².